The Hall–Kier alpha value is -0.120. The summed E-state index contributed by atoms with van der Waals surface area (Å²) in [5.41, 5.74) is 0. The summed E-state index contributed by atoms with van der Waals surface area (Å²) in [5.74, 6) is 0.805. The second-order valence-electron chi connectivity index (χ2n) is 4.71. The molecule has 2 unspecified atom stereocenters. The van der Waals surface area contributed by atoms with Crippen molar-refractivity contribution in [2.75, 3.05) is 33.0 Å². The molecule has 3 nitrogen and oxygen atoms in total. The second kappa shape index (κ2) is 6.46. The largest absolute Gasteiger partial charge is 0.381 e. The molecule has 0 aliphatic carbocycles. The van der Waals surface area contributed by atoms with E-state index < -0.39 is 0 Å². The molecule has 0 amide bonds. The Morgan fingerprint density at radius 3 is 2.80 bits per heavy atom. The molecule has 0 spiro atoms. The molecule has 0 radical (unpaired) electrons. The summed E-state index contributed by atoms with van der Waals surface area (Å²) in [5, 5.41) is 3.65. The third-order valence-electron chi connectivity index (χ3n) is 3.46. The molecular formula is C12H23NO2. The molecule has 2 rings (SSSR count). The summed E-state index contributed by atoms with van der Waals surface area (Å²) in [7, 11) is 0. The van der Waals surface area contributed by atoms with Crippen LogP contribution in [-0.4, -0.2) is 39.0 Å². The van der Waals surface area contributed by atoms with Crippen LogP contribution in [0.15, 0.2) is 0 Å². The molecule has 1 N–H and O–H groups in total. The van der Waals surface area contributed by atoms with Crippen LogP contribution in [0.5, 0.6) is 0 Å². The van der Waals surface area contributed by atoms with Gasteiger partial charge in [0.1, 0.15) is 0 Å². The molecule has 2 atom stereocenters. The van der Waals surface area contributed by atoms with Gasteiger partial charge in [-0.05, 0) is 44.6 Å². The van der Waals surface area contributed by atoms with E-state index in [-0.39, 0.29) is 0 Å². The quantitative estimate of drug-likeness (QED) is 0.769. The van der Waals surface area contributed by atoms with Crippen molar-refractivity contribution in [2.24, 2.45) is 5.92 Å². The zero-order chi connectivity index (χ0) is 10.3. The lowest BCUT2D eigenvalue weighted by Gasteiger charge is -2.16. The van der Waals surface area contributed by atoms with E-state index in [2.05, 4.69) is 5.32 Å². The molecule has 3 heteroatoms. The summed E-state index contributed by atoms with van der Waals surface area (Å²) in [6.07, 6.45) is 6.21. The smallest absolute Gasteiger partial charge is 0.0495 e. The summed E-state index contributed by atoms with van der Waals surface area (Å²) >= 11 is 0. The zero-order valence-electron chi connectivity index (χ0n) is 9.54. The molecule has 88 valence electrons. The lowest BCUT2D eigenvalue weighted by molar-refractivity contribution is 0.142. The van der Waals surface area contributed by atoms with Gasteiger partial charge in [0.15, 0.2) is 0 Å². The molecule has 0 aromatic rings. The molecule has 0 saturated carbocycles. The molecule has 2 aliphatic heterocycles. The summed E-state index contributed by atoms with van der Waals surface area (Å²) < 4.78 is 10.8. The lowest BCUT2D eigenvalue weighted by Crippen LogP contribution is -2.31. The van der Waals surface area contributed by atoms with Gasteiger partial charge in [-0.15, -0.1) is 0 Å². The first-order chi connectivity index (χ1) is 7.45. The predicted octanol–water partition coefficient (Wildman–Crippen LogP) is 1.57. The van der Waals surface area contributed by atoms with Crippen LogP contribution in [0.4, 0.5) is 0 Å². The number of rotatable bonds is 4. The van der Waals surface area contributed by atoms with E-state index in [4.69, 9.17) is 9.47 Å². The second-order valence-corrected chi connectivity index (χ2v) is 4.71. The Kier molecular flexibility index (Phi) is 4.90. The van der Waals surface area contributed by atoms with E-state index in [1.807, 2.05) is 0 Å². The molecule has 2 heterocycles. The highest BCUT2D eigenvalue weighted by Gasteiger charge is 2.16. The van der Waals surface area contributed by atoms with Crippen molar-refractivity contribution in [3.05, 3.63) is 0 Å². The fourth-order valence-corrected chi connectivity index (χ4v) is 2.41. The van der Waals surface area contributed by atoms with Gasteiger partial charge < -0.3 is 14.8 Å². The minimum atomic E-state index is 0.690. The van der Waals surface area contributed by atoms with Gasteiger partial charge in [-0.2, -0.15) is 0 Å². The fraction of sp³-hybridized carbons (Fsp3) is 1.00. The predicted molar refractivity (Wildman–Crippen MR) is 60.0 cm³/mol. The van der Waals surface area contributed by atoms with E-state index in [9.17, 15) is 0 Å². The molecule has 0 aromatic heterocycles. The molecule has 0 bridgehead atoms. The van der Waals surface area contributed by atoms with E-state index in [0.29, 0.717) is 6.04 Å². The summed E-state index contributed by atoms with van der Waals surface area (Å²) in [6, 6.07) is 0.690. The van der Waals surface area contributed by atoms with Crippen molar-refractivity contribution >= 4 is 0 Å². The summed E-state index contributed by atoms with van der Waals surface area (Å²) in [6.45, 7) is 4.99. The third-order valence-corrected chi connectivity index (χ3v) is 3.46. The van der Waals surface area contributed by atoms with Gasteiger partial charge in [-0.25, -0.2) is 0 Å². The first-order valence-electron chi connectivity index (χ1n) is 6.34. The SMILES string of the molecule is C1COCCC(NCCC2CCOC2)C1. The van der Waals surface area contributed by atoms with Crippen molar-refractivity contribution in [1.29, 1.82) is 0 Å². The molecular weight excluding hydrogens is 190 g/mol. The lowest BCUT2D eigenvalue weighted by atomic mass is 10.0. The van der Waals surface area contributed by atoms with Crippen LogP contribution >= 0.6 is 0 Å². The van der Waals surface area contributed by atoms with E-state index in [1.54, 1.807) is 0 Å². The Labute approximate surface area is 92.5 Å². The van der Waals surface area contributed by atoms with Crippen LogP contribution in [-0.2, 0) is 9.47 Å². The minimum absolute atomic E-state index is 0.690. The van der Waals surface area contributed by atoms with Crippen molar-refractivity contribution in [3.8, 4) is 0 Å². The maximum atomic E-state index is 5.44. The maximum Gasteiger partial charge on any atom is 0.0495 e. The highest BCUT2D eigenvalue weighted by atomic mass is 16.5. The van der Waals surface area contributed by atoms with Gasteiger partial charge in [-0.1, -0.05) is 0 Å². The Morgan fingerprint density at radius 1 is 1.00 bits per heavy atom. The minimum Gasteiger partial charge on any atom is -0.381 e. The maximum absolute atomic E-state index is 5.44. The van der Waals surface area contributed by atoms with E-state index in [1.165, 1.54) is 32.1 Å². The van der Waals surface area contributed by atoms with Gasteiger partial charge in [0.2, 0.25) is 0 Å². The Morgan fingerprint density at radius 2 is 1.93 bits per heavy atom. The first kappa shape index (κ1) is 11.4. The van der Waals surface area contributed by atoms with Crippen LogP contribution in [0.3, 0.4) is 0 Å². The van der Waals surface area contributed by atoms with Gasteiger partial charge in [0.05, 0.1) is 0 Å². The number of hydrogen-bond donors (Lipinski definition) is 1. The standard InChI is InChI=1S/C12H23NO2/c1-2-12(5-9-14-7-1)13-6-3-11-4-8-15-10-11/h11-13H,1-10H2. The van der Waals surface area contributed by atoms with Crippen molar-refractivity contribution in [3.63, 3.8) is 0 Å². The zero-order valence-corrected chi connectivity index (χ0v) is 9.54. The Balaban J connectivity index is 1.55. The van der Waals surface area contributed by atoms with Crippen LogP contribution in [0.25, 0.3) is 0 Å². The highest BCUT2D eigenvalue weighted by Crippen LogP contribution is 2.16. The van der Waals surface area contributed by atoms with Crippen LogP contribution < -0.4 is 5.32 Å². The molecule has 2 saturated heterocycles. The van der Waals surface area contributed by atoms with Gasteiger partial charge in [0.25, 0.3) is 0 Å². The van der Waals surface area contributed by atoms with Gasteiger partial charge in [-0.3, -0.25) is 0 Å². The average Bonchev–Trinajstić information content (AvgIpc) is 2.62. The molecule has 2 fully saturated rings. The molecule has 2 aliphatic rings. The Bertz CT molecular complexity index is 161. The molecule has 0 aromatic carbocycles. The topological polar surface area (TPSA) is 30.5 Å². The first-order valence-corrected chi connectivity index (χ1v) is 6.34. The third kappa shape index (κ3) is 4.09. The average molecular weight is 213 g/mol. The monoisotopic (exact) mass is 213 g/mol. The highest BCUT2D eigenvalue weighted by molar-refractivity contribution is 4.71. The van der Waals surface area contributed by atoms with E-state index in [0.717, 1.165) is 38.9 Å². The van der Waals surface area contributed by atoms with Crippen LogP contribution in [0.2, 0.25) is 0 Å². The summed E-state index contributed by atoms with van der Waals surface area (Å²) in [4.78, 5) is 0. The van der Waals surface area contributed by atoms with Crippen molar-refractivity contribution in [1.82, 2.24) is 5.32 Å². The van der Waals surface area contributed by atoms with E-state index >= 15 is 0 Å². The fourth-order valence-electron chi connectivity index (χ4n) is 2.41. The number of hydrogen-bond acceptors (Lipinski definition) is 3. The molecule has 15 heavy (non-hydrogen) atoms. The normalized spacial score (nSPS) is 32.8. The number of nitrogens with one attached hydrogen (secondary N) is 1. The number of ether oxygens (including phenoxy) is 2. The van der Waals surface area contributed by atoms with Gasteiger partial charge in [0, 0.05) is 32.5 Å². The van der Waals surface area contributed by atoms with Crippen molar-refractivity contribution in [2.45, 2.75) is 38.1 Å². The van der Waals surface area contributed by atoms with Crippen LogP contribution in [0.1, 0.15) is 32.1 Å². The van der Waals surface area contributed by atoms with Crippen molar-refractivity contribution < 1.29 is 9.47 Å². The van der Waals surface area contributed by atoms with Gasteiger partial charge >= 0.3 is 0 Å². The van der Waals surface area contributed by atoms with Crippen LogP contribution in [0, 0.1) is 5.92 Å².